The number of imidazole rings is 1. The Hall–Kier alpha value is -4.13. The summed E-state index contributed by atoms with van der Waals surface area (Å²) in [6, 6.07) is 9.10. The highest BCUT2D eigenvalue weighted by Gasteiger charge is 2.44. The molecule has 13 heteroatoms. The van der Waals surface area contributed by atoms with Gasteiger partial charge in [0.25, 0.3) is 0 Å². The molecule has 0 spiro atoms. The molecule has 9 nitrogen and oxygen atoms in total. The Morgan fingerprint density at radius 1 is 1.12 bits per heavy atom. The summed E-state index contributed by atoms with van der Waals surface area (Å²) >= 11 is 0. The van der Waals surface area contributed by atoms with Crippen LogP contribution in [0.5, 0.6) is 0 Å². The summed E-state index contributed by atoms with van der Waals surface area (Å²) in [6.07, 6.45) is -0.543. The first-order chi connectivity index (χ1) is 18.8. The minimum absolute atomic E-state index is 0.0118. The van der Waals surface area contributed by atoms with Crippen molar-refractivity contribution >= 4 is 33.0 Å². The van der Waals surface area contributed by atoms with E-state index in [4.69, 9.17) is 0 Å². The number of sulfone groups is 1. The summed E-state index contributed by atoms with van der Waals surface area (Å²) in [4.78, 5) is 38.8. The van der Waals surface area contributed by atoms with Gasteiger partial charge >= 0.3 is 6.18 Å². The van der Waals surface area contributed by atoms with Gasteiger partial charge in [0.1, 0.15) is 5.82 Å². The molecule has 0 aliphatic heterocycles. The highest BCUT2D eigenvalue weighted by Crippen LogP contribution is 2.39. The van der Waals surface area contributed by atoms with Crippen molar-refractivity contribution < 1.29 is 31.2 Å². The second-order valence-corrected chi connectivity index (χ2v) is 12.0. The number of halogens is 3. The van der Waals surface area contributed by atoms with Crippen LogP contribution < -0.4 is 5.32 Å². The van der Waals surface area contributed by atoms with Crippen LogP contribution in [-0.4, -0.2) is 45.2 Å². The number of Topliss-reactive ketones (excluding diaryl/α,β-unsaturated/α-hetero) is 1. The van der Waals surface area contributed by atoms with E-state index in [1.54, 1.807) is 26.0 Å². The minimum atomic E-state index is -4.64. The summed E-state index contributed by atoms with van der Waals surface area (Å²) < 4.78 is 65.0. The van der Waals surface area contributed by atoms with Gasteiger partial charge in [-0.05, 0) is 49.6 Å². The van der Waals surface area contributed by atoms with Gasteiger partial charge in [0.2, 0.25) is 5.91 Å². The average Bonchev–Trinajstić information content (AvgIpc) is 3.37. The molecule has 40 heavy (non-hydrogen) atoms. The molecule has 0 bridgehead atoms. The van der Waals surface area contributed by atoms with Crippen LogP contribution in [-0.2, 0) is 39.1 Å². The maximum Gasteiger partial charge on any atom is 0.434 e. The van der Waals surface area contributed by atoms with Gasteiger partial charge in [-0.3, -0.25) is 14.6 Å². The van der Waals surface area contributed by atoms with E-state index in [0.29, 0.717) is 23.2 Å². The second kappa shape index (κ2) is 9.81. The molecule has 0 saturated carbocycles. The third-order valence-corrected chi connectivity index (χ3v) is 8.82. The molecule has 3 aromatic heterocycles. The highest BCUT2D eigenvalue weighted by atomic mass is 32.2. The zero-order valence-corrected chi connectivity index (χ0v) is 22.3. The Morgan fingerprint density at radius 3 is 2.52 bits per heavy atom. The van der Waals surface area contributed by atoms with Crippen LogP contribution in [0.3, 0.4) is 0 Å². The molecule has 1 N–H and O–H groups in total. The van der Waals surface area contributed by atoms with Gasteiger partial charge in [0.15, 0.2) is 27.0 Å². The van der Waals surface area contributed by atoms with Gasteiger partial charge in [-0.1, -0.05) is 19.1 Å². The topological polar surface area (TPSA) is 123 Å². The fourth-order valence-corrected chi connectivity index (χ4v) is 5.66. The van der Waals surface area contributed by atoms with Gasteiger partial charge < -0.3 is 9.72 Å². The Morgan fingerprint density at radius 2 is 1.85 bits per heavy atom. The van der Waals surface area contributed by atoms with E-state index < -0.39 is 27.1 Å². The fraction of sp³-hybridized carbons (Fsp3) is 0.296. The normalized spacial score (nSPS) is 17.6. The van der Waals surface area contributed by atoms with Crippen LogP contribution >= 0.6 is 0 Å². The number of rotatable bonds is 6. The largest absolute Gasteiger partial charge is 0.434 e. The number of hydrogen-bond donors (Lipinski definition) is 1. The van der Waals surface area contributed by atoms with Crippen molar-refractivity contribution in [3.05, 3.63) is 83.2 Å². The van der Waals surface area contributed by atoms with Crippen molar-refractivity contribution in [2.24, 2.45) is 0 Å². The minimum Gasteiger partial charge on any atom is -0.310 e. The Kier molecular flexibility index (Phi) is 6.73. The molecule has 0 saturated heterocycles. The number of carbonyl (C=O) groups is 2. The maximum absolute atomic E-state index is 13.6. The number of aryl methyl sites for hydroxylation is 1. The van der Waals surface area contributed by atoms with E-state index >= 15 is 0 Å². The molecular weight excluding hydrogens is 547 g/mol. The van der Waals surface area contributed by atoms with Gasteiger partial charge in [-0.15, -0.1) is 0 Å². The first-order valence-corrected chi connectivity index (χ1v) is 14.0. The van der Waals surface area contributed by atoms with Gasteiger partial charge in [-0.25, -0.2) is 18.4 Å². The van der Waals surface area contributed by atoms with E-state index in [1.165, 1.54) is 41.1 Å². The quantitative estimate of drug-likeness (QED) is 0.368. The Labute approximate surface area is 227 Å². The van der Waals surface area contributed by atoms with E-state index in [-0.39, 0.29) is 52.3 Å². The molecule has 208 valence electrons. The third kappa shape index (κ3) is 4.96. The zero-order valence-electron chi connectivity index (χ0n) is 21.5. The number of fused-ring (bicyclic) bond motifs is 2. The lowest BCUT2D eigenvalue weighted by Gasteiger charge is -2.32. The molecular formula is C27H24F3N5O4S. The first kappa shape index (κ1) is 27.4. The second-order valence-electron chi connectivity index (χ2n) is 9.75. The third-order valence-electron chi connectivity index (χ3n) is 7.06. The number of anilines is 1. The molecule has 1 atom stereocenters. The SMILES string of the molecule is CCS(=O)(=O)c1ccc(CC(=O)Nc2ccc3c(n2)CCC(C)(c2nccn4cc(C(F)(F)F)nc24)C3=O)cc1. The maximum atomic E-state index is 13.6. The number of nitrogens with one attached hydrogen (secondary N) is 1. The number of carbonyl (C=O) groups excluding carboxylic acids is 2. The van der Waals surface area contributed by atoms with Crippen LogP contribution in [0, 0.1) is 0 Å². The smallest absolute Gasteiger partial charge is 0.310 e. The van der Waals surface area contributed by atoms with Gasteiger partial charge in [0.05, 0.1) is 33.9 Å². The molecule has 3 heterocycles. The number of nitrogens with zero attached hydrogens (tertiary/aromatic N) is 4. The Balaban J connectivity index is 1.34. The number of benzene rings is 1. The fourth-order valence-electron chi connectivity index (χ4n) is 4.77. The number of amides is 1. The summed E-state index contributed by atoms with van der Waals surface area (Å²) in [5.74, 6) is -0.499. The number of alkyl halides is 3. The molecule has 1 aliphatic carbocycles. The molecule has 1 unspecified atom stereocenters. The molecule has 1 amide bonds. The van der Waals surface area contributed by atoms with Crippen LogP contribution in [0.15, 0.2) is 59.9 Å². The summed E-state index contributed by atoms with van der Waals surface area (Å²) in [6.45, 7) is 3.19. The van der Waals surface area contributed by atoms with Gasteiger partial charge in [-0.2, -0.15) is 13.2 Å². The highest BCUT2D eigenvalue weighted by molar-refractivity contribution is 7.91. The molecule has 0 fully saturated rings. The van der Waals surface area contributed by atoms with Crippen LogP contribution in [0.25, 0.3) is 5.65 Å². The van der Waals surface area contributed by atoms with Crippen molar-refractivity contribution in [1.82, 2.24) is 19.4 Å². The van der Waals surface area contributed by atoms with Crippen molar-refractivity contribution in [2.75, 3.05) is 11.1 Å². The lowest BCUT2D eigenvalue weighted by atomic mass is 9.71. The van der Waals surface area contributed by atoms with E-state index in [2.05, 4.69) is 20.3 Å². The number of hydrogen-bond acceptors (Lipinski definition) is 7. The van der Waals surface area contributed by atoms with E-state index in [1.807, 2.05) is 0 Å². The number of aromatic nitrogens is 4. The van der Waals surface area contributed by atoms with Crippen molar-refractivity contribution in [1.29, 1.82) is 0 Å². The van der Waals surface area contributed by atoms with Crippen molar-refractivity contribution in [3.63, 3.8) is 0 Å². The molecule has 1 aliphatic rings. The first-order valence-electron chi connectivity index (χ1n) is 12.4. The lowest BCUT2D eigenvalue weighted by molar-refractivity contribution is -0.140. The number of pyridine rings is 1. The van der Waals surface area contributed by atoms with Crippen molar-refractivity contribution in [2.45, 2.75) is 49.6 Å². The molecule has 4 aromatic rings. The molecule has 5 rings (SSSR count). The average molecular weight is 572 g/mol. The van der Waals surface area contributed by atoms with Crippen LogP contribution in [0.2, 0.25) is 0 Å². The lowest BCUT2D eigenvalue weighted by Crippen LogP contribution is -2.39. The summed E-state index contributed by atoms with van der Waals surface area (Å²) in [5, 5.41) is 2.69. The van der Waals surface area contributed by atoms with E-state index in [0.717, 1.165) is 6.20 Å². The molecule has 0 radical (unpaired) electrons. The summed E-state index contributed by atoms with van der Waals surface area (Å²) in [7, 11) is -3.34. The zero-order chi connectivity index (χ0) is 28.9. The molecule has 1 aromatic carbocycles. The predicted octanol–water partition coefficient (Wildman–Crippen LogP) is 4.20. The number of ketones is 1. The predicted molar refractivity (Wildman–Crippen MR) is 139 cm³/mol. The van der Waals surface area contributed by atoms with Crippen molar-refractivity contribution in [3.8, 4) is 0 Å². The summed E-state index contributed by atoms with van der Waals surface area (Å²) in [5.41, 5.74) is -0.814. The standard InChI is InChI=1S/C27H24F3N5O4S/c1-3-40(38,39)17-6-4-16(5-7-17)14-22(36)34-21-9-8-18-19(32-21)10-11-26(2,24(18)37)23-25-33-20(27(28,29)30)15-35(25)13-12-31-23/h4-9,12-13,15H,3,10-11,14H2,1-2H3,(H,32,34,36). The monoisotopic (exact) mass is 571 g/mol. The Bertz CT molecular complexity index is 1750. The van der Waals surface area contributed by atoms with Crippen LogP contribution in [0.1, 0.15) is 53.3 Å². The van der Waals surface area contributed by atoms with E-state index in [9.17, 15) is 31.2 Å². The van der Waals surface area contributed by atoms with Gasteiger partial charge in [0, 0.05) is 24.2 Å². The van der Waals surface area contributed by atoms with Crippen LogP contribution in [0.4, 0.5) is 19.0 Å².